The van der Waals surface area contributed by atoms with Crippen molar-refractivity contribution >= 4 is 12.6 Å². The predicted molar refractivity (Wildman–Crippen MR) is 71.9 cm³/mol. The molecule has 2 N–H and O–H groups in total. The van der Waals surface area contributed by atoms with Crippen molar-refractivity contribution in [3.8, 4) is 5.75 Å². The number of hydrogen-bond donors (Lipinski definition) is 2. The summed E-state index contributed by atoms with van der Waals surface area (Å²) >= 11 is 0. The van der Waals surface area contributed by atoms with E-state index in [1.54, 1.807) is 0 Å². The second-order valence-electron chi connectivity index (χ2n) is 4.15. The average molecular weight is 260 g/mol. The Balaban J connectivity index is 1.97. The van der Waals surface area contributed by atoms with E-state index in [1.807, 2.05) is 30.3 Å². The Morgan fingerprint density at radius 1 is 1.05 bits per heavy atom. The minimum absolute atomic E-state index is 0.0292. The third kappa shape index (κ3) is 3.81. The van der Waals surface area contributed by atoms with E-state index in [4.69, 9.17) is 14.8 Å². The molecule has 19 heavy (non-hydrogen) atoms. The summed E-state index contributed by atoms with van der Waals surface area (Å²) in [6, 6.07) is 13.5. The molecule has 0 amide bonds. The van der Waals surface area contributed by atoms with Crippen LogP contribution in [0.2, 0.25) is 0 Å². The molecular formula is C14H14BFO3. The fourth-order valence-electron chi connectivity index (χ4n) is 1.71. The molecule has 0 bridgehead atoms. The summed E-state index contributed by atoms with van der Waals surface area (Å²) in [6.45, 7) is 0.325. The summed E-state index contributed by atoms with van der Waals surface area (Å²) in [6.07, 6.45) is 0.659. The molecule has 0 unspecified atom stereocenters. The minimum Gasteiger partial charge on any atom is -0.490 e. The standard InChI is InChI=1S/C14H14BFO3/c16-13-7-6-12(15(17)18)10-14(13)19-9-8-11-4-2-1-3-5-11/h1-7,10,17-18H,8-9H2. The largest absolute Gasteiger partial charge is 0.490 e. The second kappa shape index (κ2) is 6.36. The molecule has 0 saturated heterocycles. The lowest BCUT2D eigenvalue weighted by atomic mass is 9.80. The Bertz CT molecular complexity index is 531. The first-order valence-corrected chi connectivity index (χ1v) is 5.99. The van der Waals surface area contributed by atoms with Gasteiger partial charge in [0.05, 0.1) is 6.61 Å². The van der Waals surface area contributed by atoms with Gasteiger partial charge >= 0.3 is 7.12 Å². The molecule has 0 aliphatic heterocycles. The van der Waals surface area contributed by atoms with Crippen molar-refractivity contribution in [3.05, 3.63) is 59.9 Å². The van der Waals surface area contributed by atoms with Gasteiger partial charge in [-0.3, -0.25) is 0 Å². The lowest BCUT2D eigenvalue weighted by molar-refractivity contribution is 0.305. The van der Waals surface area contributed by atoms with Gasteiger partial charge in [-0.05, 0) is 23.2 Å². The SMILES string of the molecule is OB(O)c1ccc(F)c(OCCc2ccccc2)c1. The molecule has 0 atom stereocenters. The molecule has 98 valence electrons. The monoisotopic (exact) mass is 260 g/mol. The molecule has 0 radical (unpaired) electrons. The number of rotatable bonds is 5. The third-order valence-electron chi connectivity index (χ3n) is 2.74. The molecule has 0 fully saturated rings. The van der Waals surface area contributed by atoms with E-state index in [9.17, 15) is 4.39 Å². The van der Waals surface area contributed by atoms with Crippen LogP contribution in [0, 0.1) is 5.82 Å². The van der Waals surface area contributed by atoms with E-state index in [0.29, 0.717) is 13.0 Å². The van der Waals surface area contributed by atoms with Crippen LogP contribution in [0.3, 0.4) is 0 Å². The zero-order valence-electron chi connectivity index (χ0n) is 10.3. The van der Waals surface area contributed by atoms with Gasteiger partial charge in [-0.15, -0.1) is 0 Å². The van der Waals surface area contributed by atoms with Gasteiger partial charge in [-0.25, -0.2) is 4.39 Å². The zero-order valence-corrected chi connectivity index (χ0v) is 10.3. The van der Waals surface area contributed by atoms with Gasteiger partial charge in [-0.2, -0.15) is 0 Å². The lowest BCUT2D eigenvalue weighted by Gasteiger charge is -2.09. The van der Waals surface area contributed by atoms with Crippen LogP contribution in [-0.4, -0.2) is 23.8 Å². The van der Waals surface area contributed by atoms with Crippen LogP contribution in [-0.2, 0) is 6.42 Å². The molecule has 0 saturated carbocycles. The molecule has 5 heteroatoms. The van der Waals surface area contributed by atoms with Crippen molar-refractivity contribution in [3.63, 3.8) is 0 Å². The van der Waals surface area contributed by atoms with E-state index in [1.165, 1.54) is 12.1 Å². The summed E-state index contributed by atoms with van der Waals surface area (Å²) in [5.74, 6) is -0.487. The summed E-state index contributed by atoms with van der Waals surface area (Å²) in [4.78, 5) is 0. The van der Waals surface area contributed by atoms with E-state index >= 15 is 0 Å². The van der Waals surface area contributed by atoms with E-state index in [-0.39, 0.29) is 11.2 Å². The Labute approximate surface area is 111 Å². The van der Waals surface area contributed by atoms with Gasteiger partial charge in [-0.1, -0.05) is 36.4 Å². The molecule has 2 aromatic carbocycles. The Morgan fingerprint density at radius 3 is 2.47 bits per heavy atom. The number of ether oxygens (including phenoxy) is 1. The van der Waals surface area contributed by atoms with Crippen molar-refractivity contribution in [1.82, 2.24) is 0 Å². The lowest BCUT2D eigenvalue weighted by Crippen LogP contribution is -2.29. The molecule has 0 heterocycles. The minimum atomic E-state index is -1.63. The maximum Gasteiger partial charge on any atom is 0.488 e. The topological polar surface area (TPSA) is 49.7 Å². The van der Waals surface area contributed by atoms with Crippen LogP contribution in [0.4, 0.5) is 4.39 Å². The van der Waals surface area contributed by atoms with Gasteiger partial charge < -0.3 is 14.8 Å². The molecule has 2 rings (SSSR count). The van der Waals surface area contributed by atoms with E-state index in [0.717, 1.165) is 11.6 Å². The predicted octanol–water partition coefficient (Wildman–Crippen LogP) is 1.13. The van der Waals surface area contributed by atoms with Gasteiger partial charge in [0.1, 0.15) is 0 Å². The third-order valence-corrected chi connectivity index (χ3v) is 2.74. The van der Waals surface area contributed by atoms with Crippen LogP contribution >= 0.6 is 0 Å². The molecule has 0 aliphatic rings. The first-order chi connectivity index (χ1) is 9.16. The molecule has 0 aromatic heterocycles. The maximum atomic E-state index is 13.5. The van der Waals surface area contributed by atoms with Gasteiger partial charge in [0.2, 0.25) is 0 Å². The average Bonchev–Trinajstić information content (AvgIpc) is 2.42. The highest BCUT2D eigenvalue weighted by molar-refractivity contribution is 6.58. The van der Waals surface area contributed by atoms with Crippen LogP contribution < -0.4 is 10.2 Å². The molecule has 0 aliphatic carbocycles. The fraction of sp³-hybridized carbons (Fsp3) is 0.143. The zero-order chi connectivity index (χ0) is 13.7. The quantitative estimate of drug-likeness (QED) is 0.792. The highest BCUT2D eigenvalue weighted by Gasteiger charge is 2.14. The fourth-order valence-corrected chi connectivity index (χ4v) is 1.71. The van der Waals surface area contributed by atoms with Crippen molar-refractivity contribution in [2.75, 3.05) is 6.61 Å². The van der Waals surface area contributed by atoms with Crippen LogP contribution in [0.25, 0.3) is 0 Å². The number of hydrogen-bond acceptors (Lipinski definition) is 3. The van der Waals surface area contributed by atoms with Crippen LogP contribution in [0.1, 0.15) is 5.56 Å². The second-order valence-corrected chi connectivity index (χ2v) is 4.15. The van der Waals surface area contributed by atoms with Crippen molar-refractivity contribution in [2.45, 2.75) is 6.42 Å². The summed E-state index contributed by atoms with van der Waals surface area (Å²) in [5, 5.41) is 18.0. The molecule has 3 nitrogen and oxygen atoms in total. The van der Waals surface area contributed by atoms with E-state index in [2.05, 4.69) is 0 Å². The number of benzene rings is 2. The Morgan fingerprint density at radius 2 is 1.79 bits per heavy atom. The van der Waals surface area contributed by atoms with Crippen LogP contribution in [0.5, 0.6) is 5.75 Å². The van der Waals surface area contributed by atoms with Crippen molar-refractivity contribution in [2.24, 2.45) is 0 Å². The van der Waals surface area contributed by atoms with E-state index < -0.39 is 12.9 Å². The van der Waals surface area contributed by atoms with Crippen molar-refractivity contribution in [1.29, 1.82) is 0 Å². The Kier molecular flexibility index (Phi) is 4.55. The first kappa shape index (κ1) is 13.6. The van der Waals surface area contributed by atoms with Crippen LogP contribution in [0.15, 0.2) is 48.5 Å². The maximum absolute atomic E-state index is 13.5. The molecule has 0 spiro atoms. The molecular weight excluding hydrogens is 246 g/mol. The highest BCUT2D eigenvalue weighted by atomic mass is 19.1. The highest BCUT2D eigenvalue weighted by Crippen LogP contribution is 2.15. The summed E-state index contributed by atoms with van der Waals surface area (Å²) < 4.78 is 18.8. The van der Waals surface area contributed by atoms with Crippen molar-refractivity contribution < 1.29 is 19.2 Å². The first-order valence-electron chi connectivity index (χ1n) is 5.99. The van der Waals surface area contributed by atoms with Gasteiger partial charge in [0, 0.05) is 6.42 Å². The smallest absolute Gasteiger partial charge is 0.488 e. The van der Waals surface area contributed by atoms with Gasteiger partial charge in [0.25, 0.3) is 0 Å². The summed E-state index contributed by atoms with van der Waals surface area (Å²) in [5.41, 5.74) is 1.30. The normalized spacial score (nSPS) is 10.3. The number of halogens is 1. The summed E-state index contributed by atoms with van der Waals surface area (Å²) in [7, 11) is -1.63. The Hall–Kier alpha value is -1.85. The van der Waals surface area contributed by atoms with Gasteiger partial charge in [0.15, 0.2) is 11.6 Å². The molecule has 2 aromatic rings.